The van der Waals surface area contributed by atoms with Gasteiger partial charge in [-0.15, -0.1) is 0 Å². The molecule has 134 valence electrons. The lowest BCUT2D eigenvalue weighted by molar-refractivity contribution is 0.0731. The summed E-state index contributed by atoms with van der Waals surface area (Å²) < 4.78 is 27.1. The highest BCUT2D eigenvalue weighted by Gasteiger charge is 2.32. The highest BCUT2D eigenvalue weighted by Crippen LogP contribution is 2.36. The second kappa shape index (κ2) is 6.55. The van der Waals surface area contributed by atoms with E-state index in [1.807, 2.05) is 13.0 Å². The van der Waals surface area contributed by atoms with Gasteiger partial charge in [0.05, 0.1) is 6.10 Å². The SMILES string of the molecule is Cc1nc(C2CC(O)C2)cc(N2CCN(S(=O)(=O)N(C)C)CC2)n1. The van der Waals surface area contributed by atoms with Gasteiger partial charge in [-0.3, -0.25) is 0 Å². The first-order valence-corrected chi connectivity index (χ1v) is 9.63. The molecule has 8 nitrogen and oxygen atoms in total. The van der Waals surface area contributed by atoms with Crippen LogP contribution in [0.4, 0.5) is 5.82 Å². The lowest BCUT2D eigenvalue weighted by Crippen LogP contribution is -2.52. The molecule has 1 saturated heterocycles. The van der Waals surface area contributed by atoms with Crippen LogP contribution in [0.2, 0.25) is 0 Å². The number of aromatic nitrogens is 2. The first-order valence-electron chi connectivity index (χ1n) is 8.23. The Hall–Kier alpha value is -1.29. The highest BCUT2D eigenvalue weighted by molar-refractivity contribution is 7.86. The van der Waals surface area contributed by atoms with Crippen molar-refractivity contribution in [2.24, 2.45) is 0 Å². The van der Waals surface area contributed by atoms with Crippen LogP contribution in [0.3, 0.4) is 0 Å². The average Bonchev–Trinajstić information content (AvgIpc) is 2.51. The molecule has 0 unspecified atom stereocenters. The maximum absolute atomic E-state index is 12.2. The molecule has 1 aliphatic carbocycles. The zero-order valence-corrected chi connectivity index (χ0v) is 15.2. The minimum atomic E-state index is -3.36. The van der Waals surface area contributed by atoms with Gasteiger partial charge in [0, 0.05) is 58.0 Å². The maximum Gasteiger partial charge on any atom is 0.281 e. The standard InChI is InChI=1S/C15H25N5O3S/c1-11-16-14(12-8-13(21)9-12)10-15(17-11)19-4-6-20(7-5-19)24(22,23)18(2)3/h10,12-13,21H,4-9H2,1-3H3. The molecule has 9 heteroatoms. The van der Waals surface area contributed by atoms with E-state index >= 15 is 0 Å². The number of aliphatic hydroxyl groups is 1. The molecular weight excluding hydrogens is 330 g/mol. The van der Waals surface area contributed by atoms with Gasteiger partial charge in [0.1, 0.15) is 11.6 Å². The summed E-state index contributed by atoms with van der Waals surface area (Å²) in [4.78, 5) is 11.1. The number of anilines is 1. The number of hydrogen-bond donors (Lipinski definition) is 1. The van der Waals surface area contributed by atoms with Crippen LogP contribution in [0.25, 0.3) is 0 Å². The highest BCUT2D eigenvalue weighted by atomic mass is 32.2. The molecule has 0 aromatic carbocycles. The van der Waals surface area contributed by atoms with Gasteiger partial charge >= 0.3 is 0 Å². The normalized spacial score (nSPS) is 25.8. The lowest BCUT2D eigenvalue weighted by atomic mass is 9.80. The predicted molar refractivity (Wildman–Crippen MR) is 91.1 cm³/mol. The fraction of sp³-hybridized carbons (Fsp3) is 0.733. The number of nitrogens with zero attached hydrogens (tertiary/aromatic N) is 5. The third-order valence-electron chi connectivity index (χ3n) is 4.73. The van der Waals surface area contributed by atoms with Crippen molar-refractivity contribution in [1.82, 2.24) is 18.6 Å². The molecule has 1 saturated carbocycles. The molecule has 1 N–H and O–H groups in total. The van der Waals surface area contributed by atoms with Crippen LogP contribution < -0.4 is 4.90 Å². The van der Waals surface area contributed by atoms with Gasteiger partial charge in [-0.1, -0.05) is 0 Å². The minimum Gasteiger partial charge on any atom is -0.393 e. The molecular formula is C15H25N5O3S. The molecule has 0 spiro atoms. The number of rotatable bonds is 4. The lowest BCUT2D eigenvalue weighted by Gasteiger charge is -2.36. The molecule has 0 atom stereocenters. The molecule has 2 heterocycles. The van der Waals surface area contributed by atoms with Gasteiger partial charge < -0.3 is 10.0 Å². The van der Waals surface area contributed by atoms with Crippen molar-refractivity contribution < 1.29 is 13.5 Å². The third-order valence-corrected chi connectivity index (χ3v) is 6.67. The maximum atomic E-state index is 12.2. The van der Waals surface area contributed by atoms with Crippen molar-refractivity contribution in [3.63, 3.8) is 0 Å². The van der Waals surface area contributed by atoms with E-state index in [0.29, 0.717) is 37.9 Å². The molecule has 1 aliphatic heterocycles. The minimum absolute atomic E-state index is 0.214. The summed E-state index contributed by atoms with van der Waals surface area (Å²) >= 11 is 0. The predicted octanol–water partition coefficient (Wildman–Crippen LogP) is -0.0483. The zero-order chi connectivity index (χ0) is 17.5. The summed E-state index contributed by atoms with van der Waals surface area (Å²) in [7, 11) is -0.256. The second-order valence-electron chi connectivity index (χ2n) is 6.70. The van der Waals surface area contributed by atoms with Crippen LogP contribution in [0.15, 0.2) is 6.07 Å². The van der Waals surface area contributed by atoms with Gasteiger partial charge in [-0.2, -0.15) is 17.0 Å². The van der Waals surface area contributed by atoms with Crippen LogP contribution in [0.1, 0.15) is 30.3 Å². The van der Waals surface area contributed by atoms with Gasteiger partial charge in [-0.05, 0) is 19.8 Å². The van der Waals surface area contributed by atoms with E-state index in [-0.39, 0.29) is 6.10 Å². The Morgan fingerprint density at radius 1 is 1.17 bits per heavy atom. The monoisotopic (exact) mass is 355 g/mol. The Bertz CT molecular complexity index is 695. The summed E-state index contributed by atoms with van der Waals surface area (Å²) in [5.41, 5.74) is 0.978. The van der Waals surface area contributed by atoms with E-state index in [1.54, 1.807) is 14.1 Å². The van der Waals surface area contributed by atoms with E-state index in [0.717, 1.165) is 24.4 Å². The van der Waals surface area contributed by atoms with Gasteiger partial charge in [0.15, 0.2) is 0 Å². The number of aryl methyl sites for hydroxylation is 1. The van der Waals surface area contributed by atoms with Gasteiger partial charge in [0.25, 0.3) is 10.2 Å². The molecule has 24 heavy (non-hydrogen) atoms. The van der Waals surface area contributed by atoms with Gasteiger partial charge in [0.2, 0.25) is 0 Å². The third kappa shape index (κ3) is 3.39. The van der Waals surface area contributed by atoms with Crippen LogP contribution in [-0.2, 0) is 10.2 Å². The first-order chi connectivity index (χ1) is 11.3. The molecule has 0 amide bonds. The molecule has 0 bridgehead atoms. The number of aliphatic hydroxyl groups excluding tert-OH is 1. The summed E-state index contributed by atoms with van der Waals surface area (Å²) in [5, 5.41) is 9.50. The Kier molecular flexibility index (Phi) is 4.78. The largest absolute Gasteiger partial charge is 0.393 e. The van der Waals surface area contributed by atoms with Crippen molar-refractivity contribution >= 4 is 16.0 Å². The van der Waals surface area contributed by atoms with Crippen LogP contribution >= 0.6 is 0 Å². The quantitative estimate of drug-likeness (QED) is 0.815. The topological polar surface area (TPSA) is 89.9 Å². The molecule has 3 rings (SSSR count). The fourth-order valence-electron chi connectivity index (χ4n) is 3.15. The van der Waals surface area contributed by atoms with Gasteiger partial charge in [-0.25, -0.2) is 9.97 Å². The Morgan fingerprint density at radius 2 is 1.79 bits per heavy atom. The summed E-state index contributed by atoms with van der Waals surface area (Å²) in [5.74, 6) is 1.86. The van der Waals surface area contributed by atoms with Crippen molar-refractivity contribution in [3.8, 4) is 0 Å². The first kappa shape index (κ1) is 17.5. The summed E-state index contributed by atoms with van der Waals surface area (Å²) in [6, 6.07) is 1.99. The second-order valence-corrected chi connectivity index (χ2v) is 8.84. The van der Waals surface area contributed by atoms with E-state index in [2.05, 4.69) is 14.9 Å². The summed E-state index contributed by atoms with van der Waals surface area (Å²) in [6.07, 6.45) is 1.30. The zero-order valence-electron chi connectivity index (χ0n) is 14.4. The number of hydrogen-bond acceptors (Lipinski definition) is 6. The van der Waals surface area contributed by atoms with Crippen molar-refractivity contribution in [3.05, 3.63) is 17.6 Å². The van der Waals surface area contributed by atoms with Crippen molar-refractivity contribution in [2.45, 2.75) is 31.8 Å². The molecule has 2 aliphatic rings. The molecule has 1 aromatic rings. The summed E-state index contributed by atoms with van der Waals surface area (Å²) in [6.45, 7) is 3.98. The fourth-order valence-corrected chi connectivity index (χ4v) is 4.24. The van der Waals surface area contributed by atoms with Crippen LogP contribution in [-0.4, -0.2) is 78.5 Å². The number of piperazine rings is 1. The van der Waals surface area contributed by atoms with E-state index in [9.17, 15) is 13.5 Å². The smallest absolute Gasteiger partial charge is 0.281 e. The van der Waals surface area contributed by atoms with Crippen LogP contribution in [0, 0.1) is 6.92 Å². The van der Waals surface area contributed by atoms with Crippen molar-refractivity contribution in [2.75, 3.05) is 45.2 Å². The Balaban J connectivity index is 1.70. The van der Waals surface area contributed by atoms with E-state index in [1.165, 1.54) is 8.61 Å². The Morgan fingerprint density at radius 3 is 2.33 bits per heavy atom. The molecule has 0 radical (unpaired) electrons. The van der Waals surface area contributed by atoms with Crippen LogP contribution in [0.5, 0.6) is 0 Å². The molecule has 1 aromatic heterocycles. The van der Waals surface area contributed by atoms with E-state index < -0.39 is 10.2 Å². The Labute approximate surface area is 143 Å². The molecule has 2 fully saturated rings. The average molecular weight is 355 g/mol. The van der Waals surface area contributed by atoms with Crippen molar-refractivity contribution in [1.29, 1.82) is 0 Å². The van der Waals surface area contributed by atoms with E-state index in [4.69, 9.17) is 0 Å².